The highest BCUT2D eigenvalue weighted by atomic mass is 79.9. The number of rotatable bonds is 4. The molecule has 1 aromatic carbocycles. The fourth-order valence-electron chi connectivity index (χ4n) is 1.07. The molecule has 4 heteroatoms. The van der Waals surface area contributed by atoms with Crippen molar-refractivity contribution in [1.82, 2.24) is 0 Å². The molecule has 0 saturated carbocycles. The minimum atomic E-state index is -0.431. The van der Waals surface area contributed by atoms with Gasteiger partial charge in [0.15, 0.2) is 0 Å². The summed E-state index contributed by atoms with van der Waals surface area (Å²) in [6.45, 7) is 3.16. The summed E-state index contributed by atoms with van der Waals surface area (Å²) in [4.78, 5) is 10.9. The number of primary amides is 1. The van der Waals surface area contributed by atoms with Gasteiger partial charge >= 0.3 is 0 Å². The van der Waals surface area contributed by atoms with E-state index >= 15 is 0 Å². The second-order valence-corrected chi connectivity index (χ2v) is 3.67. The van der Waals surface area contributed by atoms with Crippen LogP contribution >= 0.6 is 15.9 Å². The van der Waals surface area contributed by atoms with Gasteiger partial charge in [0.05, 0.1) is 12.2 Å². The van der Waals surface area contributed by atoms with Gasteiger partial charge in [-0.2, -0.15) is 0 Å². The number of ether oxygens (including phenoxy) is 1. The molecule has 0 heterocycles. The maximum absolute atomic E-state index is 10.9. The largest absolute Gasteiger partial charge is 0.377 e. The number of carbonyl (C=O) groups excluding carboxylic acids is 1. The van der Waals surface area contributed by atoms with Gasteiger partial charge in [0.25, 0.3) is 0 Å². The number of amides is 1. The Morgan fingerprint density at radius 1 is 1.57 bits per heavy atom. The lowest BCUT2D eigenvalue weighted by atomic mass is 10.1. The van der Waals surface area contributed by atoms with Crippen molar-refractivity contribution in [3.8, 4) is 0 Å². The van der Waals surface area contributed by atoms with Gasteiger partial charge in [0, 0.05) is 11.1 Å². The predicted molar refractivity (Wildman–Crippen MR) is 58.0 cm³/mol. The average Bonchev–Trinajstić information content (AvgIpc) is 2.14. The Morgan fingerprint density at radius 3 is 2.79 bits per heavy atom. The molecular formula is C10H12BrNO2. The monoisotopic (exact) mass is 257 g/mol. The standard InChI is InChI=1S/C10H12BrNO2/c1-2-14-6-7-3-4-8(10(12)13)9(11)5-7/h3-5H,2,6H2,1H3,(H2,12,13). The SMILES string of the molecule is CCOCc1ccc(C(N)=O)c(Br)c1. The van der Waals surface area contributed by atoms with E-state index in [-0.39, 0.29) is 0 Å². The molecule has 0 aliphatic rings. The van der Waals surface area contributed by atoms with Crippen LogP contribution in [0.3, 0.4) is 0 Å². The topological polar surface area (TPSA) is 52.3 Å². The summed E-state index contributed by atoms with van der Waals surface area (Å²) in [6, 6.07) is 5.37. The maximum Gasteiger partial charge on any atom is 0.249 e. The van der Waals surface area contributed by atoms with E-state index in [1.807, 2.05) is 19.1 Å². The third-order valence-corrected chi connectivity index (χ3v) is 2.43. The lowest BCUT2D eigenvalue weighted by molar-refractivity contribution is 0.0999. The predicted octanol–water partition coefficient (Wildman–Crippen LogP) is 2.08. The second-order valence-electron chi connectivity index (χ2n) is 2.82. The Kier molecular flexibility index (Phi) is 4.10. The van der Waals surface area contributed by atoms with Crippen LogP contribution in [0.4, 0.5) is 0 Å². The third-order valence-electron chi connectivity index (χ3n) is 1.77. The van der Waals surface area contributed by atoms with E-state index in [1.165, 1.54) is 0 Å². The first-order valence-corrected chi connectivity index (χ1v) is 5.10. The molecule has 0 aliphatic carbocycles. The van der Waals surface area contributed by atoms with Gasteiger partial charge in [-0.15, -0.1) is 0 Å². The molecule has 0 atom stereocenters. The molecular weight excluding hydrogens is 246 g/mol. The smallest absolute Gasteiger partial charge is 0.249 e. The van der Waals surface area contributed by atoms with Crippen molar-refractivity contribution in [3.63, 3.8) is 0 Å². The van der Waals surface area contributed by atoms with Crippen LogP contribution in [-0.4, -0.2) is 12.5 Å². The normalized spacial score (nSPS) is 10.1. The number of hydrogen-bond donors (Lipinski definition) is 1. The zero-order valence-corrected chi connectivity index (χ0v) is 9.50. The average molecular weight is 258 g/mol. The van der Waals surface area contributed by atoms with Crippen molar-refractivity contribution in [2.45, 2.75) is 13.5 Å². The first-order chi connectivity index (χ1) is 6.65. The second kappa shape index (κ2) is 5.12. The van der Waals surface area contributed by atoms with Gasteiger partial charge in [-0.25, -0.2) is 0 Å². The molecule has 0 spiro atoms. The molecule has 0 unspecified atom stereocenters. The number of hydrogen-bond acceptors (Lipinski definition) is 2. The molecule has 3 nitrogen and oxygen atoms in total. The third kappa shape index (κ3) is 2.82. The van der Waals surface area contributed by atoms with Gasteiger partial charge in [-0.05, 0) is 40.5 Å². The lowest BCUT2D eigenvalue weighted by Gasteiger charge is -2.04. The Bertz CT molecular complexity index is 339. The van der Waals surface area contributed by atoms with Crippen molar-refractivity contribution in [1.29, 1.82) is 0 Å². The number of halogens is 1. The van der Waals surface area contributed by atoms with E-state index in [9.17, 15) is 4.79 Å². The molecule has 0 saturated heterocycles. The summed E-state index contributed by atoms with van der Waals surface area (Å²) < 4.78 is 5.95. The summed E-state index contributed by atoms with van der Waals surface area (Å²) >= 11 is 3.28. The molecule has 1 amide bonds. The molecule has 0 bridgehead atoms. The highest BCUT2D eigenvalue weighted by Crippen LogP contribution is 2.18. The molecule has 2 N–H and O–H groups in total. The van der Waals surface area contributed by atoms with Gasteiger partial charge < -0.3 is 10.5 Å². The van der Waals surface area contributed by atoms with Gasteiger partial charge in [-0.3, -0.25) is 4.79 Å². The molecule has 1 aromatic rings. The first kappa shape index (κ1) is 11.2. The number of benzene rings is 1. The summed E-state index contributed by atoms with van der Waals surface area (Å²) in [5, 5.41) is 0. The van der Waals surface area contributed by atoms with Crippen molar-refractivity contribution in [3.05, 3.63) is 33.8 Å². The Labute approximate surface area is 91.4 Å². The quantitative estimate of drug-likeness (QED) is 0.898. The summed E-state index contributed by atoms with van der Waals surface area (Å²) in [5.74, 6) is -0.431. The van der Waals surface area contributed by atoms with Crippen LogP contribution in [-0.2, 0) is 11.3 Å². The first-order valence-electron chi connectivity index (χ1n) is 4.31. The van der Waals surface area contributed by atoms with Crippen molar-refractivity contribution in [2.75, 3.05) is 6.61 Å². The Hall–Kier alpha value is -0.870. The van der Waals surface area contributed by atoms with E-state index in [0.29, 0.717) is 23.2 Å². The minimum Gasteiger partial charge on any atom is -0.377 e. The lowest BCUT2D eigenvalue weighted by Crippen LogP contribution is -2.11. The fourth-order valence-corrected chi connectivity index (χ4v) is 1.69. The summed E-state index contributed by atoms with van der Waals surface area (Å²) in [6.07, 6.45) is 0. The van der Waals surface area contributed by atoms with Gasteiger partial charge in [0.2, 0.25) is 5.91 Å². The van der Waals surface area contributed by atoms with Gasteiger partial charge in [-0.1, -0.05) is 6.07 Å². The van der Waals surface area contributed by atoms with E-state index < -0.39 is 5.91 Å². The Morgan fingerprint density at radius 2 is 2.29 bits per heavy atom. The van der Waals surface area contributed by atoms with Crippen molar-refractivity contribution >= 4 is 21.8 Å². The highest BCUT2D eigenvalue weighted by molar-refractivity contribution is 9.10. The molecule has 76 valence electrons. The van der Waals surface area contributed by atoms with Gasteiger partial charge in [0.1, 0.15) is 0 Å². The molecule has 0 aromatic heterocycles. The Balaban J connectivity index is 2.83. The van der Waals surface area contributed by atoms with Crippen LogP contribution in [0.15, 0.2) is 22.7 Å². The molecule has 0 fully saturated rings. The molecule has 1 rings (SSSR count). The number of carbonyl (C=O) groups is 1. The molecule has 0 radical (unpaired) electrons. The zero-order chi connectivity index (χ0) is 10.6. The molecule has 14 heavy (non-hydrogen) atoms. The van der Waals surface area contributed by atoms with Crippen molar-refractivity contribution in [2.24, 2.45) is 5.73 Å². The highest BCUT2D eigenvalue weighted by Gasteiger charge is 2.06. The molecule has 0 aliphatic heterocycles. The number of nitrogens with two attached hydrogens (primary N) is 1. The van der Waals surface area contributed by atoms with Crippen LogP contribution in [0, 0.1) is 0 Å². The zero-order valence-electron chi connectivity index (χ0n) is 7.92. The summed E-state index contributed by atoms with van der Waals surface area (Å²) in [5.41, 5.74) is 6.67. The van der Waals surface area contributed by atoms with E-state index in [4.69, 9.17) is 10.5 Å². The fraction of sp³-hybridized carbons (Fsp3) is 0.300. The minimum absolute atomic E-state index is 0.431. The van der Waals surface area contributed by atoms with E-state index in [2.05, 4.69) is 15.9 Å². The van der Waals surface area contributed by atoms with Crippen LogP contribution in [0.1, 0.15) is 22.8 Å². The van der Waals surface area contributed by atoms with Crippen LogP contribution in [0.25, 0.3) is 0 Å². The van der Waals surface area contributed by atoms with E-state index in [0.717, 1.165) is 5.56 Å². The summed E-state index contributed by atoms with van der Waals surface area (Å²) in [7, 11) is 0. The van der Waals surface area contributed by atoms with Crippen LogP contribution in [0.2, 0.25) is 0 Å². The maximum atomic E-state index is 10.9. The van der Waals surface area contributed by atoms with Crippen LogP contribution in [0.5, 0.6) is 0 Å². The van der Waals surface area contributed by atoms with E-state index in [1.54, 1.807) is 6.07 Å². The van der Waals surface area contributed by atoms with Crippen molar-refractivity contribution < 1.29 is 9.53 Å². The van der Waals surface area contributed by atoms with Crippen LogP contribution < -0.4 is 5.73 Å².